The van der Waals surface area contributed by atoms with Gasteiger partial charge in [0.2, 0.25) is 0 Å². The number of unbranched alkanes of at least 4 members (excludes halogenated alkanes) is 19. The van der Waals surface area contributed by atoms with Gasteiger partial charge in [-0.25, -0.2) is 0 Å². The summed E-state index contributed by atoms with van der Waals surface area (Å²) in [5.41, 5.74) is 0. The maximum atomic E-state index is 2.54. The molecule has 0 saturated heterocycles. The molecule has 0 unspecified atom stereocenters. The first-order chi connectivity index (χ1) is 12.3. The van der Waals surface area contributed by atoms with Gasteiger partial charge in [0.05, 0.1) is 1.93 Å². The van der Waals surface area contributed by atoms with Crippen LogP contribution in [0.5, 0.6) is 0 Å². The van der Waals surface area contributed by atoms with Crippen LogP contribution in [0, 0.1) is 0 Å². The Morgan fingerprint density at radius 1 is 0.400 bits per heavy atom. The summed E-state index contributed by atoms with van der Waals surface area (Å²) in [6.07, 6.45) is 30.9. The van der Waals surface area contributed by atoms with Gasteiger partial charge in [-0.2, -0.15) is 0 Å². The first-order valence-corrected chi connectivity index (χ1v) is 14.0. The lowest BCUT2D eigenvalue weighted by Crippen LogP contribution is -1.86. The third-order valence-corrected chi connectivity index (χ3v) is 6.52. The van der Waals surface area contributed by atoms with Crippen LogP contribution in [0.3, 0.4) is 0 Å². The topological polar surface area (TPSA) is 0 Å². The minimum Gasteiger partial charge on any atom is -0.0710 e. The number of alkyl halides is 2. The predicted molar refractivity (Wildman–Crippen MR) is 134 cm³/mol. The van der Waals surface area contributed by atoms with Crippen molar-refractivity contribution in [1.29, 1.82) is 0 Å². The Morgan fingerprint density at radius 2 is 0.640 bits per heavy atom. The quantitative estimate of drug-likeness (QED) is 0.0725. The summed E-state index contributed by atoms with van der Waals surface area (Å²) in [5, 5.41) is 0. The SMILES string of the molecule is CCCCCCCCCCCCCCCCCCCCCCC(I)I. The highest BCUT2D eigenvalue weighted by atomic mass is 127. The zero-order chi connectivity index (χ0) is 18.4. The van der Waals surface area contributed by atoms with Crippen LogP contribution in [-0.4, -0.2) is 1.93 Å². The summed E-state index contributed by atoms with van der Waals surface area (Å²) in [4.78, 5) is 0. The number of rotatable bonds is 21. The van der Waals surface area contributed by atoms with Gasteiger partial charge in [-0.1, -0.05) is 181 Å². The minimum absolute atomic E-state index is 0.839. The van der Waals surface area contributed by atoms with Crippen molar-refractivity contribution in [1.82, 2.24) is 0 Å². The van der Waals surface area contributed by atoms with E-state index >= 15 is 0 Å². The lowest BCUT2D eigenvalue weighted by molar-refractivity contribution is 0.521. The number of halogens is 2. The zero-order valence-corrected chi connectivity index (χ0v) is 21.5. The van der Waals surface area contributed by atoms with E-state index in [1.165, 1.54) is 135 Å². The Hall–Kier alpha value is 1.46. The predicted octanol–water partition coefficient (Wildman–Crippen LogP) is 10.4. The first-order valence-electron chi connectivity index (χ1n) is 11.6. The van der Waals surface area contributed by atoms with E-state index in [4.69, 9.17) is 0 Å². The van der Waals surface area contributed by atoms with Gasteiger partial charge in [-0.05, 0) is 6.42 Å². The lowest BCUT2D eigenvalue weighted by Gasteiger charge is -2.04. The Balaban J connectivity index is 2.96. The van der Waals surface area contributed by atoms with Crippen molar-refractivity contribution in [2.24, 2.45) is 0 Å². The normalized spacial score (nSPS) is 11.5. The van der Waals surface area contributed by atoms with Crippen molar-refractivity contribution < 1.29 is 0 Å². The second-order valence-corrected chi connectivity index (χ2v) is 13.3. The molecule has 0 radical (unpaired) electrons. The molecule has 0 rings (SSSR count). The van der Waals surface area contributed by atoms with Gasteiger partial charge >= 0.3 is 0 Å². The fraction of sp³-hybridized carbons (Fsp3) is 1.00. The molecule has 0 aliphatic carbocycles. The van der Waals surface area contributed by atoms with Gasteiger partial charge in [-0.3, -0.25) is 0 Å². The molecule has 0 amide bonds. The molecule has 0 atom stereocenters. The molecule has 25 heavy (non-hydrogen) atoms. The molecule has 0 heterocycles. The second-order valence-electron chi connectivity index (χ2n) is 7.90. The monoisotopic (exact) mass is 576 g/mol. The van der Waals surface area contributed by atoms with E-state index in [9.17, 15) is 0 Å². The molecule has 0 saturated carbocycles. The maximum Gasteiger partial charge on any atom is 0.0626 e. The van der Waals surface area contributed by atoms with Gasteiger partial charge < -0.3 is 0 Å². The summed E-state index contributed by atoms with van der Waals surface area (Å²) >= 11 is 5.07. The standard InChI is InChI=1S/C23H46I2/c1-2-3-4-5-6-7-8-9-10-11-12-13-14-15-16-17-18-19-20-21-22-23(24)25/h23H,2-22H2,1H3. The van der Waals surface area contributed by atoms with E-state index in [0.29, 0.717) is 0 Å². The Labute approximate surface area is 187 Å². The third kappa shape index (κ3) is 25.5. The fourth-order valence-electron chi connectivity index (χ4n) is 3.55. The van der Waals surface area contributed by atoms with Gasteiger partial charge in [0.1, 0.15) is 0 Å². The van der Waals surface area contributed by atoms with Crippen molar-refractivity contribution in [2.45, 2.75) is 144 Å². The van der Waals surface area contributed by atoms with Gasteiger partial charge in [0.25, 0.3) is 0 Å². The smallest absolute Gasteiger partial charge is 0.0626 e. The number of hydrogen-bond acceptors (Lipinski definition) is 0. The average Bonchev–Trinajstić information content (AvgIpc) is 2.60. The molecular weight excluding hydrogens is 530 g/mol. The molecular formula is C23H46I2. The van der Waals surface area contributed by atoms with Crippen molar-refractivity contribution >= 4 is 45.2 Å². The highest BCUT2D eigenvalue weighted by molar-refractivity contribution is 14.2. The van der Waals surface area contributed by atoms with Gasteiger partial charge in [-0.15, -0.1) is 0 Å². The molecule has 0 spiro atoms. The Morgan fingerprint density at radius 3 is 0.880 bits per heavy atom. The number of hydrogen-bond donors (Lipinski definition) is 0. The highest BCUT2D eigenvalue weighted by Crippen LogP contribution is 2.19. The van der Waals surface area contributed by atoms with Crippen LogP contribution < -0.4 is 0 Å². The van der Waals surface area contributed by atoms with Crippen molar-refractivity contribution in [3.63, 3.8) is 0 Å². The van der Waals surface area contributed by atoms with Crippen LogP contribution in [0.25, 0.3) is 0 Å². The fourth-order valence-corrected chi connectivity index (χ4v) is 4.43. The molecule has 152 valence electrons. The molecule has 0 bridgehead atoms. The molecule has 0 fully saturated rings. The van der Waals surface area contributed by atoms with Crippen LogP contribution in [0.2, 0.25) is 0 Å². The van der Waals surface area contributed by atoms with Crippen LogP contribution in [0.15, 0.2) is 0 Å². The average molecular weight is 576 g/mol. The van der Waals surface area contributed by atoms with E-state index in [1.807, 2.05) is 0 Å². The molecule has 0 N–H and O–H groups in total. The zero-order valence-electron chi connectivity index (χ0n) is 17.2. The summed E-state index contributed by atoms with van der Waals surface area (Å²) in [6, 6.07) is 0. The van der Waals surface area contributed by atoms with Gasteiger partial charge in [0, 0.05) is 0 Å². The molecule has 0 aromatic heterocycles. The summed E-state index contributed by atoms with van der Waals surface area (Å²) in [5.74, 6) is 0. The molecule has 0 nitrogen and oxygen atoms in total. The Kier molecular flexibility index (Phi) is 24.9. The molecule has 0 aliphatic heterocycles. The first kappa shape index (κ1) is 26.5. The van der Waals surface area contributed by atoms with E-state index < -0.39 is 0 Å². The van der Waals surface area contributed by atoms with Crippen LogP contribution in [0.4, 0.5) is 0 Å². The van der Waals surface area contributed by atoms with E-state index in [0.717, 1.165) is 1.93 Å². The lowest BCUT2D eigenvalue weighted by atomic mass is 10.0. The van der Waals surface area contributed by atoms with Gasteiger partial charge in [0.15, 0.2) is 0 Å². The van der Waals surface area contributed by atoms with E-state index in [-0.39, 0.29) is 0 Å². The summed E-state index contributed by atoms with van der Waals surface area (Å²) in [7, 11) is 0. The van der Waals surface area contributed by atoms with E-state index in [1.54, 1.807) is 0 Å². The van der Waals surface area contributed by atoms with Crippen LogP contribution in [0.1, 0.15) is 142 Å². The van der Waals surface area contributed by atoms with Crippen molar-refractivity contribution in [3.05, 3.63) is 0 Å². The van der Waals surface area contributed by atoms with Crippen LogP contribution >= 0.6 is 45.2 Å². The minimum atomic E-state index is 0.839. The van der Waals surface area contributed by atoms with Crippen LogP contribution in [-0.2, 0) is 0 Å². The molecule has 0 aromatic carbocycles. The maximum absolute atomic E-state index is 2.54. The second kappa shape index (κ2) is 23.5. The molecule has 2 heteroatoms. The van der Waals surface area contributed by atoms with E-state index in [2.05, 4.69) is 52.1 Å². The highest BCUT2D eigenvalue weighted by Gasteiger charge is 1.97. The molecule has 0 aliphatic rings. The molecule has 0 aromatic rings. The summed E-state index contributed by atoms with van der Waals surface area (Å²) < 4.78 is 0.839. The summed E-state index contributed by atoms with van der Waals surface area (Å²) in [6.45, 7) is 2.30. The van der Waals surface area contributed by atoms with Crippen molar-refractivity contribution in [2.75, 3.05) is 0 Å². The third-order valence-electron chi connectivity index (χ3n) is 5.28. The van der Waals surface area contributed by atoms with Crippen molar-refractivity contribution in [3.8, 4) is 0 Å². The Bertz CT molecular complexity index is 228. The largest absolute Gasteiger partial charge is 0.0710 e.